The SMILES string of the molecule is CCOc1ccc(C(=O)Nc2ccc(OC)c3ccccc23)cc1. The van der Waals surface area contributed by atoms with E-state index in [-0.39, 0.29) is 5.91 Å². The molecule has 0 aliphatic heterocycles. The molecular formula is C20H19NO3. The number of methoxy groups -OCH3 is 1. The first-order valence-electron chi connectivity index (χ1n) is 7.83. The van der Waals surface area contributed by atoms with Crippen LogP contribution in [0, 0.1) is 0 Å². The van der Waals surface area contributed by atoms with Gasteiger partial charge >= 0.3 is 0 Å². The number of ether oxygens (including phenoxy) is 2. The molecule has 1 amide bonds. The minimum atomic E-state index is -0.159. The number of benzene rings is 3. The van der Waals surface area contributed by atoms with Gasteiger partial charge in [0.2, 0.25) is 0 Å². The molecule has 0 saturated heterocycles. The van der Waals surface area contributed by atoms with Gasteiger partial charge in [0.05, 0.1) is 13.7 Å². The van der Waals surface area contributed by atoms with Gasteiger partial charge in [-0.05, 0) is 43.3 Å². The number of hydrogen-bond donors (Lipinski definition) is 1. The zero-order valence-electron chi connectivity index (χ0n) is 13.7. The van der Waals surface area contributed by atoms with E-state index in [2.05, 4.69) is 5.32 Å². The summed E-state index contributed by atoms with van der Waals surface area (Å²) in [5, 5.41) is 4.87. The molecule has 0 heterocycles. The van der Waals surface area contributed by atoms with Crippen LogP contribution in [0.1, 0.15) is 17.3 Å². The zero-order chi connectivity index (χ0) is 16.9. The number of nitrogens with one attached hydrogen (secondary N) is 1. The predicted octanol–water partition coefficient (Wildman–Crippen LogP) is 4.50. The monoisotopic (exact) mass is 321 g/mol. The molecule has 0 aromatic heterocycles. The van der Waals surface area contributed by atoms with Crippen LogP contribution in [0.25, 0.3) is 10.8 Å². The van der Waals surface area contributed by atoms with Crippen LogP contribution in [-0.4, -0.2) is 19.6 Å². The molecule has 24 heavy (non-hydrogen) atoms. The maximum absolute atomic E-state index is 12.5. The second kappa shape index (κ2) is 7.04. The van der Waals surface area contributed by atoms with Crippen LogP contribution in [0.2, 0.25) is 0 Å². The lowest BCUT2D eigenvalue weighted by Crippen LogP contribution is -2.12. The lowest BCUT2D eigenvalue weighted by molar-refractivity contribution is 0.102. The maximum atomic E-state index is 12.5. The minimum Gasteiger partial charge on any atom is -0.496 e. The van der Waals surface area contributed by atoms with Crippen molar-refractivity contribution >= 4 is 22.4 Å². The maximum Gasteiger partial charge on any atom is 0.255 e. The number of anilines is 1. The Morgan fingerprint density at radius 3 is 2.33 bits per heavy atom. The molecule has 3 aromatic rings. The van der Waals surface area contributed by atoms with E-state index in [0.717, 1.165) is 28.0 Å². The van der Waals surface area contributed by atoms with Crippen molar-refractivity contribution in [2.75, 3.05) is 19.0 Å². The summed E-state index contributed by atoms with van der Waals surface area (Å²) < 4.78 is 10.8. The van der Waals surface area contributed by atoms with Gasteiger partial charge in [0.25, 0.3) is 5.91 Å². The van der Waals surface area contributed by atoms with Crippen molar-refractivity contribution in [3.05, 3.63) is 66.2 Å². The smallest absolute Gasteiger partial charge is 0.255 e. The molecule has 4 heteroatoms. The third-order valence-electron chi connectivity index (χ3n) is 3.78. The van der Waals surface area contributed by atoms with Gasteiger partial charge in [-0.15, -0.1) is 0 Å². The predicted molar refractivity (Wildman–Crippen MR) is 96.1 cm³/mol. The molecule has 1 N–H and O–H groups in total. The summed E-state index contributed by atoms with van der Waals surface area (Å²) in [6.45, 7) is 2.53. The van der Waals surface area contributed by atoms with Crippen molar-refractivity contribution in [3.63, 3.8) is 0 Å². The van der Waals surface area contributed by atoms with Crippen LogP contribution in [0.4, 0.5) is 5.69 Å². The summed E-state index contributed by atoms with van der Waals surface area (Å²) in [6.07, 6.45) is 0. The first kappa shape index (κ1) is 15.9. The van der Waals surface area contributed by atoms with E-state index in [0.29, 0.717) is 12.2 Å². The first-order chi connectivity index (χ1) is 11.7. The van der Waals surface area contributed by atoms with Crippen LogP contribution in [-0.2, 0) is 0 Å². The van der Waals surface area contributed by atoms with Gasteiger partial charge in [-0.25, -0.2) is 0 Å². The number of hydrogen-bond acceptors (Lipinski definition) is 3. The third-order valence-corrected chi connectivity index (χ3v) is 3.78. The Labute approximate surface area is 141 Å². The van der Waals surface area contributed by atoms with Crippen LogP contribution in [0.3, 0.4) is 0 Å². The Kier molecular flexibility index (Phi) is 4.66. The summed E-state index contributed by atoms with van der Waals surface area (Å²) in [5.74, 6) is 1.38. The molecule has 122 valence electrons. The Bertz CT molecular complexity index is 856. The molecule has 0 saturated carbocycles. The van der Waals surface area contributed by atoms with Crippen LogP contribution in [0.15, 0.2) is 60.7 Å². The average molecular weight is 321 g/mol. The van der Waals surface area contributed by atoms with Gasteiger partial charge in [0, 0.05) is 22.0 Å². The van der Waals surface area contributed by atoms with Crippen molar-refractivity contribution in [3.8, 4) is 11.5 Å². The van der Waals surface area contributed by atoms with Crippen molar-refractivity contribution in [1.29, 1.82) is 0 Å². The number of carbonyl (C=O) groups excluding carboxylic acids is 1. The fourth-order valence-corrected chi connectivity index (χ4v) is 2.62. The Morgan fingerprint density at radius 1 is 0.958 bits per heavy atom. The number of amides is 1. The highest BCUT2D eigenvalue weighted by Crippen LogP contribution is 2.31. The Morgan fingerprint density at radius 2 is 1.67 bits per heavy atom. The van der Waals surface area contributed by atoms with E-state index in [1.165, 1.54) is 0 Å². The molecule has 0 bridgehead atoms. The molecule has 0 aliphatic carbocycles. The Hall–Kier alpha value is -3.01. The van der Waals surface area contributed by atoms with Crippen LogP contribution >= 0.6 is 0 Å². The number of rotatable bonds is 5. The third kappa shape index (κ3) is 3.18. The van der Waals surface area contributed by atoms with E-state index in [1.807, 2.05) is 43.3 Å². The standard InChI is InChI=1S/C20H19NO3/c1-3-24-15-10-8-14(9-11-15)20(22)21-18-12-13-19(23-2)17-7-5-4-6-16(17)18/h4-13H,3H2,1-2H3,(H,21,22). The molecule has 0 unspecified atom stereocenters. The van der Waals surface area contributed by atoms with Gasteiger partial charge in [0.1, 0.15) is 11.5 Å². The Balaban J connectivity index is 1.88. The second-order valence-corrected chi connectivity index (χ2v) is 5.27. The molecule has 0 atom stereocenters. The van der Waals surface area contributed by atoms with Crippen molar-refractivity contribution in [1.82, 2.24) is 0 Å². The van der Waals surface area contributed by atoms with Gasteiger partial charge in [-0.2, -0.15) is 0 Å². The normalized spacial score (nSPS) is 10.4. The molecular weight excluding hydrogens is 302 g/mol. The largest absolute Gasteiger partial charge is 0.496 e. The molecule has 3 rings (SSSR count). The van der Waals surface area contributed by atoms with E-state index < -0.39 is 0 Å². The fraction of sp³-hybridized carbons (Fsp3) is 0.150. The highest BCUT2D eigenvalue weighted by molar-refractivity contribution is 6.10. The lowest BCUT2D eigenvalue weighted by Gasteiger charge is -2.12. The summed E-state index contributed by atoms with van der Waals surface area (Å²) in [7, 11) is 1.64. The van der Waals surface area contributed by atoms with Gasteiger partial charge in [-0.3, -0.25) is 4.79 Å². The lowest BCUT2D eigenvalue weighted by atomic mass is 10.1. The zero-order valence-corrected chi connectivity index (χ0v) is 13.7. The van der Waals surface area contributed by atoms with E-state index in [4.69, 9.17) is 9.47 Å². The summed E-state index contributed by atoms with van der Waals surface area (Å²) in [5.41, 5.74) is 1.34. The quantitative estimate of drug-likeness (QED) is 0.752. The van der Waals surface area contributed by atoms with E-state index in [1.54, 1.807) is 31.4 Å². The molecule has 4 nitrogen and oxygen atoms in total. The summed E-state index contributed by atoms with van der Waals surface area (Å²) >= 11 is 0. The van der Waals surface area contributed by atoms with Gasteiger partial charge < -0.3 is 14.8 Å². The molecule has 0 radical (unpaired) electrons. The second-order valence-electron chi connectivity index (χ2n) is 5.27. The molecule has 0 spiro atoms. The van der Waals surface area contributed by atoms with Crippen LogP contribution < -0.4 is 14.8 Å². The van der Waals surface area contributed by atoms with E-state index >= 15 is 0 Å². The van der Waals surface area contributed by atoms with Gasteiger partial charge in [0.15, 0.2) is 0 Å². The van der Waals surface area contributed by atoms with Crippen LogP contribution in [0.5, 0.6) is 11.5 Å². The minimum absolute atomic E-state index is 0.159. The molecule has 3 aromatic carbocycles. The number of fused-ring (bicyclic) bond motifs is 1. The molecule has 0 aliphatic rings. The first-order valence-corrected chi connectivity index (χ1v) is 7.83. The topological polar surface area (TPSA) is 47.6 Å². The van der Waals surface area contributed by atoms with Crippen molar-refractivity contribution in [2.45, 2.75) is 6.92 Å². The summed E-state index contributed by atoms with van der Waals surface area (Å²) in [6, 6.07) is 18.6. The highest BCUT2D eigenvalue weighted by Gasteiger charge is 2.10. The average Bonchev–Trinajstić information content (AvgIpc) is 2.63. The molecule has 0 fully saturated rings. The van der Waals surface area contributed by atoms with Crippen molar-refractivity contribution < 1.29 is 14.3 Å². The summed E-state index contributed by atoms with van der Waals surface area (Å²) in [4.78, 5) is 12.5. The van der Waals surface area contributed by atoms with Gasteiger partial charge in [-0.1, -0.05) is 24.3 Å². The number of carbonyl (C=O) groups is 1. The van der Waals surface area contributed by atoms with E-state index in [9.17, 15) is 4.79 Å². The fourth-order valence-electron chi connectivity index (χ4n) is 2.62. The van der Waals surface area contributed by atoms with Crippen molar-refractivity contribution in [2.24, 2.45) is 0 Å². The highest BCUT2D eigenvalue weighted by atomic mass is 16.5.